The summed E-state index contributed by atoms with van der Waals surface area (Å²) in [6.45, 7) is 3.53. The Balaban J connectivity index is 2.02. The minimum Gasteiger partial charge on any atom is -0.497 e. The van der Waals surface area contributed by atoms with Crippen LogP contribution in [0.3, 0.4) is 0 Å². The van der Waals surface area contributed by atoms with Gasteiger partial charge >= 0.3 is 0 Å². The molecule has 1 amide bonds. The third-order valence-corrected chi connectivity index (χ3v) is 5.69. The van der Waals surface area contributed by atoms with E-state index in [9.17, 15) is 22.0 Å². The molecule has 0 radical (unpaired) electrons. The monoisotopic (exact) mass is 426 g/mol. The molecule has 158 valence electrons. The number of methoxy groups -OCH3 is 1. The van der Waals surface area contributed by atoms with Crippen LogP contribution in [0.2, 0.25) is 0 Å². The van der Waals surface area contributed by atoms with Gasteiger partial charge in [0.25, 0.3) is 0 Å². The van der Waals surface area contributed by atoms with E-state index in [1.807, 2.05) is 0 Å². The molecule has 6 nitrogen and oxygen atoms in total. The number of amides is 1. The fourth-order valence-electron chi connectivity index (χ4n) is 2.68. The van der Waals surface area contributed by atoms with Crippen molar-refractivity contribution in [1.29, 1.82) is 0 Å². The molecular formula is C20H24F2N2O4S. The van der Waals surface area contributed by atoms with E-state index in [2.05, 4.69) is 10.0 Å². The summed E-state index contributed by atoms with van der Waals surface area (Å²) < 4.78 is 59.1. The van der Waals surface area contributed by atoms with Gasteiger partial charge in [-0.3, -0.25) is 4.79 Å². The molecule has 2 aromatic carbocycles. The lowest BCUT2D eigenvalue weighted by atomic mass is 10.0. The van der Waals surface area contributed by atoms with Crippen molar-refractivity contribution < 1.29 is 26.7 Å². The zero-order chi connectivity index (χ0) is 21.6. The maximum atomic E-state index is 13.2. The van der Waals surface area contributed by atoms with Gasteiger partial charge in [0.2, 0.25) is 15.9 Å². The molecule has 0 saturated heterocycles. The molecule has 0 spiro atoms. The largest absolute Gasteiger partial charge is 0.497 e. The number of hydrogen-bond acceptors (Lipinski definition) is 4. The summed E-state index contributed by atoms with van der Waals surface area (Å²) in [6.07, 6.45) is 0.205. The van der Waals surface area contributed by atoms with Crippen LogP contribution in [-0.2, 0) is 21.2 Å². The van der Waals surface area contributed by atoms with Gasteiger partial charge in [0.05, 0.1) is 12.0 Å². The van der Waals surface area contributed by atoms with Crippen molar-refractivity contribution in [3.05, 3.63) is 59.7 Å². The Morgan fingerprint density at radius 2 is 1.66 bits per heavy atom. The normalized spacial score (nSPS) is 12.6. The highest BCUT2D eigenvalue weighted by Crippen LogP contribution is 2.17. The van der Waals surface area contributed by atoms with Crippen LogP contribution >= 0.6 is 0 Å². The minimum absolute atomic E-state index is 0.00647. The van der Waals surface area contributed by atoms with Crippen LogP contribution in [0, 0.1) is 17.6 Å². The van der Waals surface area contributed by atoms with E-state index in [4.69, 9.17) is 4.74 Å². The van der Waals surface area contributed by atoms with E-state index >= 15 is 0 Å². The third-order valence-electron chi connectivity index (χ3n) is 4.24. The summed E-state index contributed by atoms with van der Waals surface area (Å²) in [4.78, 5) is 12.5. The summed E-state index contributed by atoms with van der Waals surface area (Å²) in [5, 5.41) is 2.61. The van der Waals surface area contributed by atoms with Gasteiger partial charge in [-0.25, -0.2) is 17.2 Å². The highest BCUT2D eigenvalue weighted by Gasteiger charge is 2.28. The van der Waals surface area contributed by atoms with E-state index in [-0.39, 0.29) is 23.8 Å². The predicted octanol–water partition coefficient (Wildman–Crippen LogP) is 2.64. The average molecular weight is 426 g/mol. The van der Waals surface area contributed by atoms with Crippen LogP contribution in [0.25, 0.3) is 0 Å². The van der Waals surface area contributed by atoms with Gasteiger partial charge in [-0.15, -0.1) is 0 Å². The van der Waals surface area contributed by atoms with Crippen LogP contribution < -0.4 is 14.8 Å². The Bertz CT molecular complexity index is 927. The second-order valence-electron chi connectivity index (χ2n) is 6.84. The average Bonchev–Trinajstić information content (AvgIpc) is 2.65. The Kier molecular flexibility index (Phi) is 7.69. The van der Waals surface area contributed by atoms with Gasteiger partial charge in [0.1, 0.15) is 23.4 Å². The molecule has 2 rings (SSSR count). The molecule has 2 N–H and O–H groups in total. The maximum Gasteiger partial charge on any atom is 0.241 e. The van der Waals surface area contributed by atoms with Crippen molar-refractivity contribution in [3.63, 3.8) is 0 Å². The van der Waals surface area contributed by atoms with Crippen LogP contribution in [0.15, 0.2) is 47.4 Å². The third kappa shape index (κ3) is 6.50. The van der Waals surface area contributed by atoms with Crippen LogP contribution in [0.5, 0.6) is 5.75 Å². The summed E-state index contributed by atoms with van der Waals surface area (Å²) in [5.74, 6) is -1.73. The molecule has 9 heteroatoms. The van der Waals surface area contributed by atoms with Gasteiger partial charge in [0, 0.05) is 12.6 Å². The first-order chi connectivity index (χ1) is 13.6. The van der Waals surface area contributed by atoms with Crippen molar-refractivity contribution in [3.8, 4) is 5.75 Å². The molecule has 0 aromatic heterocycles. The molecule has 0 fully saturated rings. The SMILES string of the molecule is COc1ccc(S(=O)(=O)N[C@H](C(=O)NCCc2cc(F)cc(F)c2)C(C)C)cc1. The van der Waals surface area contributed by atoms with Crippen molar-refractivity contribution in [2.75, 3.05) is 13.7 Å². The molecule has 0 saturated carbocycles. The number of sulfonamides is 1. The Morgan fingerprint density at radius 3 is 2.17 bits per heavy atom. The number of benzene rings is 2. The fraction of sp³-hybridized carbons (Fsp3) is 0.350. The number of nitrogens with one attached hydrogen (secondary N) is 2. The second kappa shape index (κ2) is 9.80. The Hall–Kier alpha value is -2.52. The summed E-state index contributed by atoms with van der Waals surface area (Å²) in [6, 6.07) is 7.91. The smallest absolute Gasteiger partial charge is 0.241 e. The fourth-order valence-corrected chi connectivity index (χ4v) is 4.02. The highest BCUT2D eigenvalue weighted by molar-refractivity contribution is 7.89. The first-order valence-corrected chi connectivity index (χ1v) is 10.5. The van der Waals surface area contributed by atoms with Gasteiger partial charge < -0.3 is 10.1 Å². The molecule has 0 heterocycles. The summed E-state index contributed by atoms with van der Waals surface area (Å²) in [7, 11) is -2.46. The lowest BCUT2D eigenvalue weighted by Gasteiger charge is -2.21. The zero-order valence-electron chi connectivity index (χ0n) is 16.4. The predicted molar refractivity (Wildman–Crippen MR) is 105 cm³/mol. The van der Waals surface area contributed by atoms with E-state index in [0.717, 1.165) is 6.07 Å². The number of halogens is 2. The van der Waals surface area contributed by atoms with E-state index < -0.39 is 33.6 Å². The van der Waals surface area contributed by atoms with Gasteiger partial charge in [-0.2, -0.15) is 4.72 Å². The topological polar surface area (TPSA) is 84.5 Å². The molecule has 2 aromatic rings. The maximum absolute atomic E-state index is 13.2. The molecule has 1 atom stereocenters. The highest BCUT2D eigenvalue weighted by atomic mass is 32.2. The van der Waals surface area contributed by atoms with Gasteiger partial charge in [-0.1, -0.05) is 13.8 Å². The number of hydrogen-bond donors (Lipinski definition) is 2. The molecule has 0 bridgehead atoms. The van der Waals surface area contributed by atoms with Crippen molar-refractivity contribution in [1.82, 2.24) is 10.0 Å². The zero-order valence-corrected chi connectivity index (χ0v) is 17.2. The van der Waals surface area contributed by atoms with Gasteiger partial charge in [0.15, 0.2) is 0 Å². The molecule has 29 heavy (non-hydrogen) atoms. The standard InChI is InChI=1S/C20H24F2N2O4S/c1-13(2)19(24-29(26,27)18-6-4-17(28-3)5-7-18)20(25)23-9-8-14-10-15(21)12-16(22)11-14/h4-7,10-13,19,24H,8-9H2,1-3H3,(H,23,25)/t19-/m0/s1. The molecule has 0 unspecified atom stereocenters. The minimum atomic E-state index is -3.93. The van der Waals surface area contributed by atoms with Crippen LogP contribution in [-0.4, -0.2) is 34.0 Å². The lowest BCUT2D eigenvalue weighted by Crippen LogP contribution is -2.49. The number of carbonyl (C=O) groups is 1. The number of carbonyl (C=O) groups excluding carboxylic acids is 1. The van der Waals surface area contributed by atoms with Crippen molar-refractivity contribution in [2.45, 2.75) is 31.2 Å². The summed E-state index contributed by atoms with van der Waals surface area (Å²) >= 11 is 0. The first-order valence-electron chi connectivity index (χ1n) is 9.01. The molecule has 0 aliphatic carbocycles. The number of rotatable bonds is 9. The quantitative estimate of drug-likeness (QED) is 0.646. The van der Waals surface area contributed by atoms with E-state index in [0.29, 0.717) is 11.3 Å². The van der Waals surface area contributed by atoms with Crippen molar-refractivity contribution >= 4 is 15.9 Å². The summed E-state index contributed by atoms with van der Waals surface area (Å²) in [5.41, 5.74) is 0.391. The van der Waals surface area contributed by atoms with Gasteiger partial charge in [-0.05, 0) is 54.3 Å². The lowest BCUT2D eigenvalue weighted by molar-refractivity contribution is -0.123. The number of ether oxygens (including phenoxy) is 1. The van der Waals surface area contributed by atoms with Crippen LogP contribution in [0.4, 0.5) is 8.78 Å². The Labute approximate surface area is 169 Å². The Morgan fingerprint density at radius 1 is 1.07 bits per heavy atom. The van der Waals surface area contributed by atoms with Crippen molar-refractivity contribution in [2.24, 2.45) is 5.92 Å². The van der Waals surface area contributed by atoms with E-state index in [1.165, 1.54) is 43.5 Å². The molecular weight excluding hydrogens is 402 g/mol. The van der Waals surface area contributed by atoms with Crippen LogP contribution in [0.1, 0.15) is 19.4 Å². The van der Waals surface area contributed by atoms with E-state index in [1.54, 1.807) is 13.8 Å². The first kappa shape index (κ1) is 22.8. The second-order valence-corrected chi connectivity index (χ2v) is 8.55. The molecule has 0 aliphatic heterocycles. The molecule has 0 aliphatic rings.